The molecule has 0 aliphatic carbocycles. The van der Waals surface area contributed by atoms with Crippen molar-refractivity contribution in [3.63, 3.8) is 0 Å². The van der Waals surface area contributed by atoms with Crippen molar-refractivity contribution in [2.45, 2.75) is 12.6 Å². The molecular formula is C20H20ClN5O. The van der Waals surface area contributed by atoms with Crippen molar-refractivity contribution in [2.75, 3.05) is 19.6 Å². The summed E-state index contributed by atoms with van der Waals surface area (Å²) < 4.78 is 1.69. The molecule has 1 aliphatic rings. The highest BCUT2D eigenvalue weighted by atomic mass is 35.5. The van der Waals surface area contributed by atoms with Crippen molar-refractivity contribution >= 4 is 17.5 Å². The van der Waals surface area contributed by atoms with Crippen LogP contribution in [0.3, 0.4) is 0 Å². The second kappa shape index (κ2) is 7.90. The lowest BCUT2D eigenvalue weighted by atomic mass is 10.0. The van der Waals surface area contributed by atoms with Gasteiger partial charge in [0.05, 0.1) is 18.8 Å². The van der Waals surface area contributed by atoms with Crippen molar-refractivity contribution in [2.24, 2.45) is 0 Å². The Labute approximate surface area is 162 Å². The first-order valence-corrected chi connectivity index (χ1v) is 9.30. The molecule has 0 bridgehead atoms. The van der Waals surface area contributed by atoms with Crippen LogP contribution in [0.25, 0.3) is 0 Å². The second-order valence-electron chi connectivity index (χ2n) is 6.56. The fraction of sp³-hybridized carbons (Fsp3) is 0.250. The Balaban J connectivity index is 1.54. The number of hydrogen-bond acceptors (Lipinski definition) is 4. The summed E-state index contributed by atoms with van der Waals surface area (Å²) in [6, 6.07) is 17.5. The summed E-state index contributed by atoms with van der Waals surface area (Å²) in [4.78, 5) is 14.9. The summed E-state index contributed by atoms with van der Waals surface area (Å²) in [6.45, 7) is 2.63. The van der Waals surface area contributed by atoms with Crippen LogP contribution in [0.2, 0.25) is 5.02 Å². The SMILES string of the molecule is O=C(c1cn(Cc2ccccc2)nn1)N1CCNCC1c1cccc(Cl)c1. The molecule has 6 nitrogen and oxygen atoms in total. The number of amides is 1. The van der Waals surface area contributed by atoms with E-state index in [-0.39, 0.29) is 11.9 Å². The Bertz CT molecular complexity index is 927. The average molecular weight is 382 g/mol. The Kier molecular flexibility index (Phi) is 5.18. The van der Waals surface area contributed by atoms with Gasteiger partial charge in [-0.1, -0.05) is 59.3 Å². The minimum absolute atomic E-state index is 0.0794. The maximum atomic E-state index is 13.1. The predicted molar refractivity (Wildman–Crippen MR) is 104 cm³/mol. The Morgan fingerprint density at radius 3 is 2.85 bits per heavy atom. The highest BCUT2D eigenvalue weighted by Gasteiger charge is 2.30. The molecule has 1 saturated heterocycles. The number of benzene rings is 2. The third-order valence-corrected chi connectivity index (χ3v) is 4.92. The molecule has 2 heterocycles. The van der Waals surface area contributed by atoms with E-state index in [4.69, 9.17) is 11.6 Å². The summed E-state index contributed by atoms with van der Waals surface area (Å²) in [5, 5.41) is 12.2. The van der Waals surface area contributed by atoms with Gasteiger partial charge in [-0.15, -0.1) is 5.10 Å². The van der Waals surface area contributed by atoms with Crippen LogP contribution in [0.15, 0.2) is 60.8 Å². The minimum atomic E-state index is -0.110. The summed E-state index contributed by atoms with van der Waals surface area (Å²) in [7, 11) is 0. The highest BCUT2D eigenvalue weighted by molar-refractivity contribution is 6.30. The number of nitrogens with one attached hydrogen (secondary N) is 1. The van der Waals surface area contributed by atoms with E-state index < -0.39 is 0 Å². The molecule has 0 radical (unpaired) electrons. The third kappa shape index (κ3) is 4.02. The van der Waals surface area contributed by atoms with Gasteiger partial charge in [0.1, 0.15) is 0 Å². The van der Waals surface area contributed by atoms with E-state index >= 15 is 0 Å². The lowest BCUT2D eigenvalue weighted by molar-refractivity contribution is 0.0628. The van der Waals surface area contributed by atoms with Gasteiger partial charge in [-0.3, -0.25) is 4.79 Å². The largest absolute Gasteiger partial charge is 0.328 e. The summed E-state index contributed by atoms with van der Waals surface area (Å²) in [5.74, 6) is -0.110. The van der Waals surface area contributed by atoms with Crippen molar-refractivity contribution < 1.29 is 4.79 Å². The smallest absolute Gasteiger partial charge is 0.276 e. The summed E-state index contributed by atoms with van der Waals surface area (Å²) in [5.41, 5.74) is 2.49. The van der Waals surface area contributed by atoms with Crippen molar-refractivity contribution in [1.82, 2.24) is 25.2 Å². The monoisotopic (exact) mass is 381 g/mol. The minimum Gasteiger partial charge on any atom is -0.328 e. The normalized spacial score (nSPS) is 17.1. The van der Waals surface area contributed by atoms with Crippen LogP contribution in [-0.2, 0) is 6.54 Å². The number of carbonyl (C=O) groups is 1. The first-order chi connectivity index (χ1) is 13.2. The molecule has 1 unspecified atom stereocenters. The van der Waals surface area contributed by atoms with E-state index in [1.807, 2.05) is 59.5 Å². The zero-order valence-electron chi connectivity index (χ0n) is 14.8. The van der Waals surface area contributed by atoms with Gasteiger partial charge in [0.15, 0.2) is 5.69 Å². The number of piperazine rings is 1. The number of nitrogens with zero attached hydrogens (tertiary/aromatic N) is 4. The van der Waals surface area contributed by atoms with Crippen LogP contribution in [0.1, 0.15) is 27.7 Å². The van der Waals surface area contributed by atoms with Crippen LogP contribution >= 0.6 is 11.6 Å². The standard InChI is InChI=1S/C20H20ClN5O/c21-17-8-4-7-16(11-17)19-12-22-9-10-26(19)20(27)18-14-25(24-23-18)13-15-5-2-1-3-6-15/h1-8,11,14,19,22H,9-10,12-13H2. The van der Waals surface area contributed by atoms with E-state index in [9.17, 15) is 4.79 Å². The zero-order chi connectivity index (χ0) is 18.6. The summed E-state index contributed by atoms with van der Waals surface area (Å²) in [6.07, 6.45) is 1.71. The molecule has 1 amide bonds. The van der Waals surface area contributed by atoms with E-state index in [1.54, 1.807) is 10.9 Å². The first-order valence-electron chi connectivity index (χ1n) is 8.92. The molecule has 2 aromatic carbocycles. The number of rotatable bonds is 4. The Morgan fingerprint density at radius 1 is 1.19 bits per heavy atom. The molecule has 1 fully saturated rings. The highest BCUT2D eigenvalue weighted by Crippen LogP contribution is 2.25. The van der Waals surface area contributed by atoms with E-state index in [0.29, 0.717) is 30.4 Å². The molecule has 1 atom stereocenters. The van der Waals surface area contributed by atoms with Crippen molar-refractivity contribution in [3.05, 3.63) is 82.6 Å². The Hall–Kier alpha value is -2.70. The van der Waals surface area contributed by atoms with Gasteiger partial charge in [0.25, 0.3) is 5.91 Å². The molecule has 1 aliphatic heterocycles. The van der Waals surface area contributed by atoms with Gasteiger partial charge in [0, 0.05) is 24.7 Å². The van der Waals surface area contributed by atoms with Gasteiger partial charge < -0.3 is 10.2 Å². The van der Waals surface area contributed by atoms with Crippen LogP contribution in [0.4, 0.5) is 0 Å². The Morgan fingerprint density at radius 2 is 2.04 bits per heavy atom. The number of hydrogen-bond donors (Lipinski definition) is 1. The van der Waals surface area contributed by atoms with E-state index in [2.05, 4.69) is 15.6 Å². The number of aromatic nitrogens is 3. The molecule has 1 N–H and O–H groups in total. The fourth-order valence-corrected chi connectivity index (χ4v) is 3.55. The van der Waals surface area contributed by atoms with E-state index in [1.165, 1.54) is 0 Å². The maximum Gasteiger partial charge on any atom is 0.276 e. The van der Waals surface area contributed by atoms with Gasteiger partial charge in [-0.25, -0.2) is 4.68 Å². The topological polar surface area (TPSA) is 63.1 Å². The fourth-order valence-electron chi connectivity index (χ4n) is 3.35. The van der Waals surface area contributed by atoms with E-state index in [0.717, 1.165) is 17.7 Å². The molecule has 1 aromatic heterocycles. The van der Waals surface area contributed by atoms with Crippen molar-refractivity contribution in [1.29, 1.82) is 0 Å². The lowest BCUT2D eigenvalue weighted by Crippen LogP contribution is -2.48. The van der Waals surface area contributed by atoms with Crippen molar-refractivity contribution in [3.8, 4) is 0 Å². The van der Waals surface area contributed by atoms with Gasteiger partial charge in [0.2, 0.25) is 0 Å². The maximum absolute atomic E-state index is 13.1. The second-order valence-corrected chi connectivity index (χ2v) is 7.00. The quantitative estimate of drug-likeness (QED) is 0.754. The first kappa shape index (κ1) is 17.7. The molecule has 0 spiro atoms. The van der Waals surface area contributed by atoms with Crippen LogP contribution in [-0.4, -0.2) is 45.4 Å². The van der Waals surface area contributed by atoms with Crippen LogP contribution in [0, 0.1) is 0 Å². The predicted octanol–water partition coefficient (Wildman–Crippen LogP) is 2.77. The summed E-state index contributed by atoms with van der Waals surface area (Å²) >= 11 is 6.14. The molecule has 7 heteroatoms. The molecule has 138 valence electrons. The van der Waals surface area contributed by atoms with Gasteiger partial charge in [-0.2, -0.15) is 0 Å². The molecule has 0 saturated carbocycles. The third-order valence-electron chi connectivity index (χ3n) is 4.68. The molecule has 27 heavy (non-hydrogen) atoms. The van der Waals surface area contributed by atoms with Gasteiger partial charge in [-0.05, 0) is 23.3 Å². The number of carbonyl (C=O) groups excluding carboxylic acids is 1. The molecule has 4 rings (SSSR count). The lowest BCUT2D eigenvalue weighted by Gasteiger charge is -2.36. The molecular weight excluding hydrogens is 362 g/mol. The van der Waals surface area contributed by atoms with Gasteiger partial charge >= 0.3 is 0 Å². The zero-order valence-corrected chi connectivity index (χ0v) is 15.5. The average Bonchev–Trinajstić information content (AvgIpc) is 3.17. The molecule has 3 aromatic rings. The van der Waals surface area contributed by atoms with Crippen LogP contribution in [0.5, 0.6) is 0 Å². The number of halogens is 1. The van der Waals surface area contributed by atoms with Crippen LogP contribution < -0.4 is 5.32 Å².